The van der Waals surface area contributed by atoms with E-state index < -0.39 is 35.0 Å². The number of carbonyl (C=O) groups is 2. The van der Waals surface area contributed by atoms with Crippen LogP contribution < -0.4 is 25.9 Å². The lowest BCUT2D eigenvalue weighted by Gasteiger charge is -2.31. The van der Waals surface area contributed by atoms with Crippen molar-refractivity contribution in [2.75, 3.05) is 30.4 Å². The third-order valence-electron chi connectivity index (χ3n) is 6.29. The molecule has 0 atom stereocenters. The topological polar surface area (TPSA) is 121 Å². The van der Waals surface area contributed by atoms with Gasteiger partial charge in [0, 0.05) is 37.3 Å². The highest BCUT2D eigenvalue weighted by Gasteiger charge is 2.34. The van der Waals surface area contributed by atoms with E-state index in [9.17, 15) is 18.4 Å². The maximum absolute atomic E-state index is 15.0. The molecule has 0 bridgehead atoms. The van der Waals surface area contributed by atoms with Crippen molar-refractivity contribution in [1.82, 2.24) is 25.7 Å². The number of hydroxylamine groups is 1. The number of amides is 3. The van der Waals surface area contributed by atoms with Gasteiger partial charge in [0.15, 0.2) is 5.82 Å². The smallest absolute Gasteiger partial charge is 0.410 e. The fourth-order valence-electron chi connectivity index (χ4n) is 4.24. The van der Waals surface area contributed by atoms with Crippen LogP contribution in [0.2, 0.25) is 0 Å². The van der Waals surface area contributed by atoms with E-state index >= 15 is 0 Å². The fourth-order valence-corrected chi connectivity index (χ4v) is 4.24. The van der Waals surface area contributed by atoms with Crippen molar-refractivity contribution in [2.24, 2.45) is 0 Å². The Bertz CT molecular complexity index is 1490. The summed E-state index contributed by atoms with van der Waals surface area (Å²) in [6.45, 7) is 11.6. The zero-order chi connectivity index (χ0) is 31.5. The first-order chi connectivity index (χ1) is 20.2. The predicted molar refractivity (Wildman–Crippen MR) is 159 cm³/mol. The maximum Gasteiger partial charge on any atom is 0.410 e. The highest BCUT2D eigenvalue weighted by atomic mass is 19.1. The van der Waals surface area contributed by atoms with E-state index in [-0.39, 0.29) is 37.4 Å². The van der Waals surface area contributed by atoms with Crippen LogP contribution in [0.4, 0.5) is 35.8 Å². The normalized spacial score (nSPS) is 13.0. The first kappa shape index (κ1) is 31.4. The molecule has 4 rings (SSSR count). The summed E-state index contributed by atoms with van der Waals surface area (Å²) in [4.78, 5) is 42.8. The summed E-state index contributed by atoms with van der Waals surface area (Å²) >= 11 is 0. The van der Waals surface area contributed by atoms with E-state index in [0.717, 1.165) is 22.6 Å². The van der Waals surface area contributed by atoms with Gasteiger partial charge in [0.2, 0.25) is 5.95 Å². The summed E-state index contributed by atoms with van der Waals surface area (Å²) in [6, 6.07) is 8.13. The third kappa shape index (κ3) is 7.47. The molecule has 0 spiro atoms. The minimum absolute atomic E-state index is 0.0202. The van der Waals surface area contributed by atoms with Gasteiger partial charge in [0.1, 0.15) is 28.7 Å². The number of aromatic nitrogens is 2. The molecule has 0 saturated heterocycles. The van der Waals surface area contributed by atoms with Gasteiger partial charge in [-0.1, -0.05) is 12.1 Å². The lowest BCUT2D eigenvalue weighted by Crippen LogP contribution is -2.43. The molecule has 11 nitrogen and oxygen atoms in total. The average molecular weight is 598 g/mol. The summed E-state index contributed by atoms with van der Waals surface area (Å²) in [5.41, 5.74) is 4.09. The van der Waals surface area contributed by atoms with Crippen LogP contribution in [0.3, 0.4) is 0 Å². The molecule has 1 aromatic heterocycles. The lowest BCUT2D eigenvalue weighted by atomic mass is 9.99. The van der Waals surface area contributed by atoms with Gasteiger partial charge in [0.25, 0.3) is 0 Å². The number of hydrogen-bond donors (Lipinski definition) is 3. The van der Waals surface area contributed by atoms with Gasteiger partial charge in [0.05, 0.1) is 12.2 Å². The largest absolute Gasteiger partial charge is 0.444 e. The van der Waals surface area contributed by atoms with Crippen molar-refractivity contribution in [3.63, 3.8) is 0 Å². The van der Waals surface area contributed by atoms with E-state index in [4.69, 9.17) is 14.6 Å². The molecule has 1 aliphatic rings. The number of hydrogen-bond acceptors (Lipinski definition) is 8. The number of nitrogens with one attached hydrogen (secondary N) is 3. The Hall–Kier alpha value is -4.52. The van der Waals surface area contributed by atoms with E-state index in [1.54, 1.807) is 40.0 Å². The minimum atomic E-state index is -0.928. The first-order valence-corrected chi connectivity index (χ1v) is 13.9. The highest BCUT2D eigenvalue weighted by Crippen LogP contribution is 2.39. The molecule has 43 heavy (non-hydrogen) atoms. The molecule has 2 aromatic carbocycles. The SMILES string of the molecule is Cc1ccc(ONC(C)C)cc1-c1nc(NCCN(C)C(=O)OC(C)(C)C)nc2c1CNC(=O)N2c1c(F)cccc1F. The number of carbonyl (C=O) groups excluding carboxylic acids is 2. The van der Waals surface area contributed by atoms with Gasteiger partial charge >= 0.3 is 12.1 Å². The summed E-state index contributed by atoms with van der Waals surface area (Å²) in [5, 5.41) is 5.77. The average Bonchev–Trinajstić information content (AvgIpc) is 2.92. The third-order valence-corrected chi connectivity index (χ3v) is 6.29. The van der Waals surface area contributed by atoms with E-state index in [0.29, 0.717) is 22.6 Å². The van der Waals surface area contributed by atoms with Crippen molar-refractivity contribution in [3.8, 4) is 17.0 Å². The number of benzene rings is 2. The second-order valence-corrected chi connectivity index (χ2v) is 11.4. The van der Waals surface area contributed by atoms with Crippen LogP contribution in [0.15, 0.2) is 36.4 Å². The molecule has 3 N–H and O–H groups in total. The number of likely N-dealkylation sites (N-methyl/N-ethyl adjacent to an activating group) is 1. The van der Waals surface area contributed by atoms with Crippen LogP contribution in [-0.2, 0) is 11.3 Å². The molecular formula is C30H37F2N7O4. The van der Waals surface area contributed by atoms with Crippen molar-refractivity contribution >= 4 is 29.6 Å². The number of aryl methyl sites for hydroxylation is 1. The number of ether oxygens (including phenoxy) is 1. The van der Waals surface area contributed by atoms with Crippen molar-refractivity contribution in [2.45, 2.75) is 59.7 Å². The van der Waals surface area contributed by atoms with E-state index in [1.165, 1.54) is 11.0 Å². The number of para-hydroxylation sites is 1. The highest BCUT2D eigenvalue weighted by molar-refractivity contribution is 6.02. The van der Waals surface area contributed by atoms with Gasteiger partial charge in [-0.05, 0) is 71.4 Å². The Kier molecular flexibility index (Phi) is 9.34. The zero-order valence-electron chi connectivity index (χ0n) is 25.3. The summed E-state index contributed by atoms with van der Waals surface area (Å²) < 4.78 is 35.4. The summed E-state index contributed by atoms with van der Waals surface area (Å²) in [6.07, 6.45) is -0.498. The summed E-state index contributed by atoms with van der Waals surface area (Å²) in [5.74, 6) is -1.22. The monoisotopic (exact) mass is 597 g/mol. The van der Waals surface area contributed by atoms with Gasteiger partial charge in [-0.15, -0.1) is 0 Å². The van der Waals surface area contributed by atoms with Crippen LogP contribution in [0.5, 0.6) is 5.75 Å². The molecule has 0 fully saturated rings. The quantitative estimate of drug-likeness (QED) is 0.270. The lowest BCUT2D eigenvalue weighted by molar-refractivity contribution is 0.0305. The fraction of sp³-hybridized carbons (Fsp3) is 0.400. The van der Waals surface area contributed by atoms with Crippen molar-refractivity contribution < 1.29 is 27.9 Å². The molecule has 2 heterocycles. The molecule has 3 aromatic rings. The Morgan fingerprint density at radius 3 is 2.51 bits per heavy atom. The molecule has 1 aliphatic heterocycles. The number of halogens is 2. The van der Waals surface area contributed by atoms with Crippen LogP contribution in [0.25, 0.3) is 11.3 Å². The maximum atomic E-state index is 15.0. The van der Waals surface area contributed by atoms with E-state index in [1.807, 2.05) is 26.8 Å². The molecule has 0 saturated carbocycles. The number of rotatable bonds is 9. The number of nitrogens with zero attached hydrogens (tertiary/aromatic N) is 4. The number of fused-ring (bicyclic) bond motifs is 1. The van der Waals surface area contributed by atoms with Crippen molar-refractivity contribution in [1.29, 1.82) is 0 Å². The minimum Gasteiger partial charge on any atom is -0.444 e. The van der Waals surface area contributed by atoms with Crippen LogP contribution in [-0.4, -0.2) is 58.8 Å². The Morgan fingerprint density at radius 2 is 1.86 bits per heavy atom. The van der Waals surface area contributed by atoms with Gasteiger partial charge in [-0.25, -0.2) is 28.3 Å². The van der Waals surface area contributed by atoms with E-state index in [2.05, 4.69) is 21.1 Å². The Labute approximate surface area is 249 Å². The molecule has 0 radical (unpaired) electrons. The molecule has 13 heteroatoms. The van der Waals surface area contributed by atoms with Crippen LogP contribution in [0.1, 0.15) is 45.7 Å². The van der Waals surface area contributed by atoms with Crippen LogP contribution >= 0.6 is 0 Å². The first-order valence-electron chi connectivity index (χ1n) is 13.9. The molecule has 3 amide bonds. The van der Waals surface area contributed by atoms with Gasteiger partial charge in [-0.3, -0.25) is 0 Å². The molecular weight excluding hydrogens is 560 g/mol. The second-order valence-electron chi connectivity index (χ2n) is 11.4. The van der Waals surface area contributed by atoms with Gasteiger partial charge in [-0.2, -0.15) is 10.5 Å². The standard InChI is InChI=1S/C30H37F2N7O4/c1-17(2)37-43-19-12-11-18(3)20(15-19)24-21-16-34-28(40)39(25-22(31)9-8-10-23(25)32)26(21)36-27(35-24)33-13-14-38(7)29(41)42-30(4,5)6/h8-12,15,17,37H,13-14,16H2,1-7H3,(H,34,40)(H,33,35,36). The summed E-state index contributed by atoms with van der Waals surface area (Å²) in [7, 11) is 1.60. The predicted octanol–water partition coefficient (Wildman–Crippen LogP) is 5.66. The zero-order valence-corrected chi connectivity index (χ0v) is 25.3. The number of anilines is 3. The van der Waals surface area contributed by atoms with Crippen LogP contribution in [0, 0.1) is 18.6 Å². The Balaban J connectivity index is 1.78. The van der Waals surface area contributed by atoms with Gasteiger partial charge < -0.3 is 25.1 Å². The molecule has 0 aliphatic carbocycles. The molecule has 0 unspecified atom stereocenters. The Morgan fingerprint density at radius 1 is 1.16 bits per heavy atom. The second kappa shape index (κ2) is 12.8. The number of urea groups is 1. The van der Waals surface area contributed by atoms with Crippen molar-refractivity contribution in [3.05, 3.63) is 59.2 Å². The molecule has 230 valence electrons.